The van der Waals surface area contributed by atoms with Crippen molar-refractivity contribution in [2.75, 3.05) is 26.2 Å². The van der Waals surface area contributed by atoms with Crippen molar-refractivity contribution >= 4 is 0 Å². The number of nitriles is 1. The van der Waals surface area contributed by atoms with Gasteiger partial charge in [0.1, 0.15) is 0 Å². The van der Waals surface area contributed by atoms with Gasteiger partial charge >= 0.3 is 0 Å². The van der Waals surface area contributed by atoms with Crippen LogP contribution < -0.4 is 5.32 Å². The maximum atomic E-state index is 8.66. The Kier molecular flexibility index (Phi) is 2.03. The molecule has 12 heavy (non-hydrogen) atoms. The summed E-state index contributed by atoms with van der Waals surface area (Å²) in [6, 6.07) is 2.26. The van der Waals surface area contributed by atoms with Crippen LogP contribution in [0.25, 0.3) is 0 Å². The van der Waals surface area contributed by atoms with Crippen molar-refractivity contribution < 1.29 is 0 Å². The lowest BCUT2D eigenvalue weighted by Crippen LogP contribution is -2.45. The molecule has 66 valence electrons. The largest absolute Gasteiger partial charge is 0.315 e. The van der Waals surface area contributed by atoms with Crippen LogP contribution in [0.1, 0.15) is 19.3 Å². The van der Waals surface area contributed by atoms with E-state index in [0.29, 0.717) is 12.1 Å². The first-order valence-electron chi connectivity index (χ1n) is 4.70. The predicted octanol–water partition coefficient (Wildman–Crippen LogP) is 0.338. The van der Waals surface area contributed by atoms with E-state index < -0.39 is 0 Å². The van der Waals surface area contributed by atoms with Crippen molar-refractivity contribution in [1.82, 2.24) is 10.2 Å². The zero-order chi connectivity index (χ0) is 8.44. The molecule has 0 saturated carbocycles. The van der Waals surface area contributed by atoms with Gasteiger partial charge in [0.05, 0.1) is 12.6 Å². The molecule has 3 nitrogen and oxygen atoms in total. The Morgan fingerprint density at radius 1 is 1.50 bits per heavy atom. The Morgan fingerprint density at radius 3 is 3.08 bits per heavy atom. The number of hydrogen-bond donors (Lipinski definition) is 1. The Morgan fingerprint density at radius 2 is 2.42 bits per heavy atom. The van der Waals surface area contributed by atoms with Crippen LogP contribution in [0.4, 0.5) is 0 Å². The molecule has 2 aliphatic rings. The van der Waals surface area contributed by atoms with Crippen molar-refractivity contribution in [1.29, 1.82) is 5.26 Å². The number of rotatable bonds is 1. The van der Waals surface area contributed by atoms with Crippen LogP contribution in [0.5, 0.6) is 0 Å². The van der Waals surface area contributed by atoms with Gasteiger partial charge in [-0.3, -0.25) is 4.90 Å². The summed E-state index contributed by atoms with van der Waals surface area (Å²) in [6.45, 7) is 3.95. The topological polar surface area (TPSA) is 39.1 Å². The summed E-state index contributed by atoms with van der Waals surface area (Å²) in [5.74, 6) is 0. The molecule has 0 radical (unpaired) electrons. The van der Waals surface area contributed by atoms with Crippen LogP contribution >= 0.6 is 0 Å². The third kappa shape index (κ3) is 1.12. The van der Waals surface area contributed by atoms with Gasteiger partial charge in [-0.05, 0) is 32.4 Å². The minimum Gasteiger partial charge on any atom is -0.315 e. The molecule has 0 amide bonds. The highest BCUT2D eigenvalue weighted by atomic mass is 15.3. The summed E-state index contributed by atoms with van der Waals surface area (Å²) in [7, 11) is 0. The van der Waals surface area contributed by atoms with Crippen molar-refractivity contribution in [2.45, 2.75) is 24.8 Å². The van der Waals surface area contributed by atoms with Crippen molar-refractivity contribution in [3.63, 3.8) is 0 Å². The van der Waals surface area contributed by atoms with E-state index in [4.69, 9.17) is 5.26 Å². The zero-order valence-corrected chi connectivity index (χ0v) is 7.34. The summed E-state index contributed by atoms with van der Waals surface area (Å²) in [4.78, 5) is 2.35. The fraction of sp³-hybridized carbons (Fsp3) is 0.889. The second-order valence-electron chi connectivity index (χ2n) is 3.83. The van der Waals surface area contributed by atoms with E-state index in [1.807, 2.05) is 0 Å². The van der Waals surface area contributed by atoms with Gasteiger partial charge in [-0.2, -0.15) is 5.26 Å². The maximum absolute atomic E-state index is 8.66. The minimum absolute atomic E-state index is 0.357. The average Bonchev–Trinajstić information content (AvgIpc) is 2.66. The van der Waals surface area contributed by atoms with Crippen LogP contribution in [0.2, 0.25) is 0 Å². The Balaban J connectivity index is 2.07. The van der Waals surface area contributed by atoms with E-state index >= 15 is 0 Å². The lowest BCUT2D eigenvalue weighted by Gasteiger charge is -2.32. The summed E-state index contributed by atoms with van der Waals surface area (Å²) in [6.07, 6.45) is 3.78. The molecule has 0 aromatic carbocycles. The van der Waals surface area contributed by atoms with Gasteiger partial charge in [-0.1, -0.05) is 0 Å². The minimum atomic E-state index is 0.357. The molecule has 0 bridgehead atoms. The summed E-state index contributed by atoms with van der Waals surface area (Å²) in [5, 5.41) is 12.1. The molecule has 2 rings (SSSR count). The monoisotopic (exact) mass is 165 g/mol. The van der Waals surface area contributed by atoms with Crippen LogP contribution in [0, 0.1) is 11.3 Å². The second kappa shape index (κ2) is 3.04. The smallest absolute Gasteiger partial charge is 0.0870 e. The van der Waals surface area contributed by atoms with E-state index in [0.717, 1.165) is 19.6 Å². The summed E-state index contributed by atoms with van der Waals surface area (Å²) < 4.78 is 0. The van der Waals surface area contributed by atoms with Crippen LogP contribution in [-0.4, -0.2) is 36.6 Å². The molecule has 1 spiro atoms. The van der Waals surface area contributed by atoms with E-state index in [1.54, 1.807) is 0 Å². The first kappa shape index (κ1) is 8.03. The molecule has 2 aliphatic heterocycles. The van der Waals surface area contributed by atoms with Gasteiger partial charge in [0.2, 0.25) is 0 Å². The highest BCUT2D eigenvalue weighted by Gasteiger charge is 2.42. The first-order valence-corrected chi connectivity index (χ1v) is 4.70. The highest BCUT2D eigenvalue weighted by molar-refractivity contribution is 5.03. The van der Waals surface area contributed by atoms with Crippen molar-refractivity contribution in [3.05, 3.63) is 0 Å². The SMILES string of the molecule is N#CCN1CCC[C@]12CCNC2. The van der Waals surface area contributed by atoms with Gasteiger partial charge in [-0.25, -0.2) is 0 Å². The number of nitrogens with one attached hydrogen (secondary N) is 1. The lowest BCUT2D eigenvalue weighted by molar-refractivity contribution is 0.176. The lowest BCUT2D eigenvalue weighted by atomic mass is 9.95. The van der Waals surface area contributed by atoms with Crippen LogP contribution in [-0.2, 0) is 0 Å². The molecular weight excluding hydrogens is 150 g/mol. The molecular formula is C9H15N3. The van der Waals surface area contributed by atoms with Gasteiger partial charge < -0.3 is 5.32 Å². The summed E-state index contributed by atoms with van der Waals surface area (Å²) in [5.41, 5.74) is 0.357. The van der Waals surface area contributed by atoms with E-state index in [9.17, 15) is 0 Å². The molecule has 2 saturated heterocycles. The molecule has 0 aromatic rings. The fourth-order valence-electron chi connectivity index (χ4n) is 2.54. The Labute approximate surface area is 73.3 Å². The molecule has 3 heteroatoms. The maximum Gasteiger partial charge on any atom is 0.0870 e. The van der Waals surface area contributed by atoms with Crippen molar-refractivity contribution in [2.24, 2.45) is 0 Å². The second-order valence-corrected chi connectivity index (χ2v) is 3.83. The van der Waals surface area contributed by atoms with Crippen molar-refractivity contribution in [3.8, 4) is 6.07 Å². The molecule has 0 aliphatic carbocycles. The van der Waals surface area contributed by atoms with Crippen LogP contribution in [0.15, 0.2) is 0 Å². The quantitative estimate of drug-likeness (QED) is 0.569. The molecule has 0 unspecified atom stereocenters. The molecule has 2 fully saturated rings. The molecule has 2 heterocycles. The van der Waals surface area contributed by atoms with Crippen LogP contribution in [0.3, 0.4) is 0 Å². The third-order valence-electron chi connectivity index (χ3n) is 3.22. The predicted molar refractivity (Wildman–Crippen MR) is 46.6 cm³/mol. The highest BCUT2D eigenvalue weighted by Crippen LogP contribution is 2.33. The Bertz CT molecular complexity index is 195. The normalized spacial score (nSPS) is 35.9. The number of nitrogens with zero attached hydrogens (tertiary/aromatic N) is 2. The standard InChI is InChI=1S/C9H15N3/c10-4-7-12-6-1-2-9(12)3-5-11-8-9/h11H,1-3,5-8H2/t9-/m1/s1. The van der Waals surface area contributed by atoms with Gasteiger partial charge in [0.25, 0.3) is 0 Å². The number of hydrogen-bond acceptors (Lipinski definition) is 3. The molecule has 1 atom stereocenters. The summed E-state index contributed by atoms with van der Waals surface area (Å²) >= 11 is 0. The zero-order valence-electron chi connectivity index (χ0n) is 7.34. The van der Waals surface area contributed by atoms with E-state index in [1.165, 1.54) is 19.3 Å². The first-order chi connectivity index (χ1) is 5.87. The molecule has 0 aromatic heterocycles. The van der Waals surface area contributed by atoms with Gasteiger partial charge in [0.15, 0.2) is 0 Å². The van der Waals surface area contributed by atoms with Gasteiger partial charge in [-0.15, -0.1) is 0 Å². The van der Waals surface area contributed by atoms with E-state index in [2.05, 4.69) is 16.3 Å². The molecule has 1 N–H and O–H groups in total. The van der Waals surface area contributed by atoms with E-state index in [-0.39, 0.29) is 0 Å². The number of likely N-dealkylation sites (tertiary alicyclic amines) is 1. The Hall–Kier alpha value is -0.590. The third-order valence-corrected chi connectivity index (χ3v) is 3.22. The average molecular weight is 165 g/mol. The fourth-order valence-corrected chi connectivity index (χ4v) is 2.54. The van der Waals surface area contributed by atoms with Gasteiger partial charge in [0, 0.05) is 12.1 Å².